The lowest BCUT2D eigenvalue weighted by Crippen LogP contribution is -2.24. The average Bonchev–Trinajstić information content (AvgIpc) is 2.64. The van der Waals surface area contributed by atoms with Crippen LogP contribution in [0.4, 0.5) is 15.9 Å². The number of halogens is 1. The van der Waals surface area contributed by atoms with E-state index in [1.54, 1.807) is 18.3 Å². The number of fused-ring (bicyclic) bond motifs is 1. The Kier molecular flexibility index (Phi) is 4.93. The minimum absolute atomic E-state index is 0.157. The lowest BCUT2D eigenvalue weighted by molar-refractivity contribution is 0.102. The molecule has 0 unspecified atom stereocenters. The van der Waals surface area contributed by atoms with Gasteiger partial charge in [-0.3, -0.25) is 4.79 Å². The number of carbonyl (C=O) groups excluding carboxylic acids is 1. The van der Waals surface area contributed by atoms with Crippen molar-refractivity contribution < 1.29 is 9.18 Å². The van der Waals surface area contributed by atoms with Crippen molar-refractivity contribution in [3.05, 3.63) is 66.1 Å². The monoisotopic (exact) mass is 337 g/mol. The zero-order chi connectivity index (χ0) is 17.8. The largest absolute Gasteiger partial charge is 0.357 e. The van der Waals surface area contributed by atoms with Gasteiger partial charge in [-0.1, -0.05) is 36.4 Å². The summed E-state index contributed by atoms with van der Waals surface area (Å²) >= 11 is 0. The molecule has 0 fully saturated rings. The second kappa shape index (κ2) is 7.30. The highest BCUT2D eigenvalue weighted by Gasteiger charge is 2.16. The van der Waals surface area contributed by atoms with E-state index in [1.807, 2.05) is 24.3 Å². The standard InChI is InChI=1S/C20H20FN3O/c1-3-24(4-2)19-15-10-6-5-9-14(15)16(13-22-19)20(25)23-18-12-8-7-11-17(18)21/h5-13H,3-4H2,1-2H3,(H,23,25). The van der Waals surface area contributed by atoms with Crippen LogP contribution in [0.1, 0.15) is 24.2 Å². The molecule has 0 aliphatic heterocycles. The first kappa shape index (κ1) is 16.9. The van der Waals surface area contributed by atoms with Gasteiger partial charge in [0.25, 0.3) is 5.91 Å². The van der Waals surface area contributed by atoms with E-state index in [4.69, 9.17) is 0 Å². The minimum Gasteiger partial charge on any atom is -0.357 e. The zero-order valence-electron chi connectivity index (χ0n) is 14.3. The summed E-state index contributed by atoms with van der Waals surface area (Å²) in [6.07, 6.45) is 1.56. The highest BCUT2D eigenvalue weighted by atomic mass is 19.1. The molecule has 1 aromatic heterocycles. The fourth-order valence-electron chi connectivity index (χ4n) is 2.89. The van der Waals surface area contributed by atoms with Crippen LogP contribution in [0.25, 0.3) is 10.8 Å². The van der Waals surface area contributed by atoms with Crippen molar-refractivity contribution in [2.45, 2.75) is 13.8 Å². The Morgan fingerprint density at radius 3 is 2.36 bits per heavy atom. The lowest BCUT2D eigenvalue weighted by Gasteiger charge is -2.22. The third-order valence-electron chi connectivity index (χ3n) is 4.20. The van der Waals surface area contributed by atoms with Gasteiger partial charge in [0.1, 0.15) is 11.6 Å². The summed E-state index contributed by atoms with van der Waals surface area (Å²) in [5, 5.41) is 4.34. The van der Waals surface area contributed by atoms with E-state index in [0.29, 0.717) is 5.56 Å². The Bertz CT molecular complexity index is 906. The molecule has 0 aliphatic carbocycles. The molecule has 0 radical (unpaired) electrons. The molecule has 2 aromatic carbocycles. The van der Waals surface area contributed by atoms with Gasteiger partial charge in [0.15, 0.2) is 0 Å². The van der Waals surface area contributed by atoms with Gasteiger partial charge in [0.2, 0.25) is 0 Å². The van der Waals surface area contributed by atoms with E-state index in [0.717, 1.165) is 29.7 Å². The molecule has 0 aliphatic rings. The van der Waals surface area contributed by atoms with Crippen molar-refractivity contribution in [3.8, 4) is 0 Å². The number of hydrogen-bond donors (Lipinski definition) is 1. The maximum absolute atomic E-state index is 13.8. The molecule has 3 rings (SSSR count). The zero-order valence-corrected chi connectivity index (χ0v) is 14.3. The summed E-state index contributed by atoms with van der Waals surface area (Å²) in [5.74, 6) is 0.0100. The van der Waals surface area contributed by atoms with Crippen LogP contribution >= 0.6 is 0 Å². The smallest absolute Gasteiger partial charge is 0.257 e. The number of carbonyl (C=O) groups is 1. The molecule has 1 N–H and O–H groups in total. The summed E-state index contributed by atoms with van der Waals surface area (Å²) in [6.45, 7) is 5.79. The van der Waals surface area contributed by atoms with Gasteiger partial charge in [0, 0.05) is 24.7 Å². The number of nitrogens with one attached hydrogen (secondary N) is 1. The Balaban J connectivity index is 2.04. The highest BCUT2D eigenvalue weighted by Crippen LogP contribution is 2.28. The number of benzene rings is 2. The van der Waals surface area contributed by atoms with E-state index >= 15 is 0 Å². The van der Waals surface area contributed by atoms with Gasteiger partial charge in [-0.2, -0.15) is 0 Å². The van der Waals surface area contributed by atoms with Crippen LogP contribution in [0.15, 0.2) is 54.7 Å². The van der Waals surface area contributed by atoms with Gasteiger partial charge in [-0.15, -0.1) is 0 Å². The Hall–Kier alpha value is -2.95. The summed E-state index contributed by atoms with van der Waals surface area (Å²) in [6, 6.07) is 13.8. The maximum Gasteiger partial charge on any atom is 0.257 e. The first-order valence-electron chi connectivity index (χ1n) is 8.34. The van der Waals surface area contributed by atoms with Crippen LogP contribution in [-0.4, -0.2) is 24.0 Å². The number of aromatic nitrogens is 1. The van der Waals surface area contributed by atoms with Gasteiger partial charge >= 0.3 is 0 Å². The number of hydrogen-bond acceptors (Lipinski definition) is 3. The Morgan fingerprint density at radius 2 is 1.68 bits per heavy atom. The van der Waals surface area contributed by atoms with Crippen molar-refractivity contribution in [3.63, 3.8) is 0 Å². The Labute approximate surface area is 146 Å². The molecule has 4 nitrogen and oxygen atoms in total. The predicted molar refractivity (Wildman–Crippen MR) is 99.7 cm³/mol. The molecule has 0 saturated heterocycles. The van der Waals surface area contributed by atoms with E-state index in [-0.39, 0.29) is 11.6 Å². The molecule has 5 heteroatoms. The van der Waals surface area contributed by atoms with Crippen molar-refractivity contribution in [1.82, 2.24) is 4.98 Å². The molecule has 3 aromatic rings. The molecule has 0 saturated carbocycles. The van der Waals surface area contributed by atoms with Crippen LogP contribution < -0.4 is 10.2 Å². The van der Waals surface area contributed by atoms with Crippen LogP contribution in [0.2, 0.25) is 0 Å². The van der Waals surface area contributed by atoms with Gasteiger partial charge < -0.3 is 10.2 Å². The number of para-hydroxylation sites is 1. The number of amides is 1. The van der Waals surface area contributed by atoms with Crippen molar-refractivity contribution in [2.75, 3.05) is 23.3 Å². The fourth-order valence-corrected chi connectivity index (χ4v) is 2.89. The quantitative estimate of drug-likeness (QED) is 0.747. The van der Waals surface area contributed by atoms with Crippen LogP contribution in [0.3, 0.4) is 0 Å². The number of rotatable bonds is 5. The van der Waals surface area contributed by atoms with Crippen LogP contribution in [0.5, 0.6) is 0 Å². The normalized spacial score (nSPS) is 10.7. The average molecular weight is 337 g/mol. The van der Waals surface area contributed by atoms with Crippen molar-refractivity contribution >= 4 is 28.2 Å². The first-order valence-corrected chi connectivity index (χ1v) is 8.34. The predicted octanol–water partition coefficient (Wildman–Crippen LogP) is 4.47. The van der Waals surface area contributed by atoms with E-state index < -0.39 is 5.82 Å². The third-order valence-corrected chi connectivity index (χ3v) is 4.20. The first-order chi connectivity index (χ1) is 12.2. The van der Waals surface area contributed by atoms with Crippen molar-refractivity contribution in [1.29, 1.82) is 0 Å². The number of pyridine rings is 1. The number of anilines is 2. The molecule has 128 valence electrons. The fraction of sp³-hybridized carbons (Fsp3) is 0.200. The third kappa shape index (κ3) is 3.31. The summed E-state index contributed by atoms with van der Waals surface area (Å²) in [5.41, 5.74) is 0.583. The van der Waals surface area contributed by atoms with E-state index in [9.17, 15) is 9.18 Å². The summed E-state index contributed by atoms with van der Waals surface area (Å²) in [4.78, 5) is 19.3. The van der Waals surface area contributed by atoms with E-state index in [1.165, 1.54) is 12.1 Å². The van der Waals surface area contributed by atoms with Crippen LogP contribution in [0, 0.1) is 5.82 Å². The van der Waals surface area contributed by atoms with Crippen LogP contribution in [-0.2, 0) is 0 Å². The number of nitrogens with zero attached hydrogens (tertiary/aromatic N) is 2. The lowest BCUT2D eigenvalue weighted by atomic mass is 10.1. The maximum atomic E-state index is 13.8. The topological polar surface area (TPSA) is 45.2 Å². The summed E-state index contributed by atoms with van der Waals surface area (Å²) in [7, 11) is 0. The molecular formula is C20H20FN3O. The highest BCUT2D eigenvalue weighted by molar-refractivity contribution is 6.14. The van der Waals surface area contributed by atoms with Crippen molar-refractivity contribution in [2.24, 2.45) is 0 Å². The SMILES string of the molecule is CCN(CC)c1ncc(C(=O)Nc2ccccc2F)c2ccccc12. The minimum atomic E-state index is -0.465. The molecule has 1 amide bonds. The Morgan fingerprint density at radius 1 is 1.04 bits per heavy atom. The second-order valence-corrected chi connectivity index (χ2v) is 5.65. The molecule has 1 heterocycles. The molecule has 0 bridgehead atoms. The molecule has 0 spiro atoms. The molecular weight excluding hydrogens is 317 g/mol. The second-order valence-electron chi connectivity index (χ2n) is 5.65. The molecule has 25 heavy (non-hydrogen) atoms. The molecule has 0 atom stereocenters. The van der Waals surface area contributed by atoms with Gasteiger partial charge in [0.05, 0.1) is 11.3 Å². The van der Waals surface area contributed by atoms with Gasteiger partial charge in [-0.05, 0) is 31.4 Å². The van der Waals surface area contributed by atoms with E-state index in [2.05, 4.69) is 29.0 Å². The van der Waals surface area contributed by atoms with Gasteiger partial charge in [-0.25, -0.2) is 9.37 Å². The summed E-state index contributed by atoms with van der Waals surface area (Å²) < 4.78 is 13.8.